The minimum Gasteiger partial charge on any atom is -0.351 e. The van der Waals surface area contributed by atoms with E-state index in [1.165, 1.54) is 12.8 Å². The summed E-state index contributed by atoms with van der Waals surface area (Å²) in [6.45, 7) is 3.66. The van der Waals surface area contributed by atoms with Crippen molar-refractivity contribution in [3.8, 4) is 0 Å². The van der Waals surface area contributed by atoms with E-state index in [0.717, 1.165) is 25.9 Å². The summed E-state index contributed by atoms with van der Waals surface area (Å²) in [7, 11) is 0. The lowest BCUT2D eigenvalue weighted by atomic mass is 10.2. The molecule has 5 nitrogen and oxygen atoms in total. The van der Waals surface area contributed by atoms with Crippen molar-refractivity contribution in [1.82, 2.24) is 10.2 Å². The van der Waals surface area contributed by atoms with E-state index in [1.54, 1.807) is 0 Å². The lowest BCUT2D eigenvalue weighted by molar-refractivity contribution is -0.124. The Kier molecular flexibility index (Phi) is 4.55. The van der Waals surface area contributed by atoms with Crippen molar-refractivity contribution in [2.24, 2.45) is 5.73 Å². The first-order chi connectivity index (χ1) is 7.11. The minimum atomic E-state index is -0.776. The van der Waals surface area contributed by atoms with E-state index >= 15 is 0 Å². The van der Waals surface area contributed by atoms with Gasteiger partial charge in [-0.25, -0.2) is 4.79 Å². The summed E-state index contributed by atoms with van der Waals surface area (Å²) < 4.78 is 0. The van der Waals surface area contributed by atoms with E-state index in [2.05, 4.69) is 10.2 Å². The van der Waals surface area contributed by atoms with Crippen molar-refractivity contribution in [2.45, 2.75) is 38.6 Å². The Bertz CT molecular complexity index is 235. The molecule has 5 heteroatoms. The van der Waals surface area contributed by atoms with Crippen molar-refractivity contribution in [3.63, 3.8) is 0 Å². The number of nitrogens with two attached hydrogens (primary N) is 1. The summed E-state index contributed by atoms with van der Waals surface area (Å²) in [5.41, 5.74) is 4.90. The lowest BCUT2D eigenvalue weighted by Gasteiger charge is -2.25. The largest absolute Gasteiger partial charge is 0.351 e. The molecule has 3 N–H and O–H groups in total. The normalized spacial score (nSPS) is 20.3. The highest BCUT2D eigenvalue weighted by atomic mass is 16.2. The molecular formula is C10H19N3O2. The van der Waals surface area contributed by atoms with Crippen LogP contribution < -0.4 is 11.1 Å². The molecule has 0 saturated carbocycles. The number of likely N-dealkylation sites (tertiary alicyclic amines) is 1. The van der Waals surface area contributed by atoms with Crippen molar-refractivity contribution in [1.29, 1.82) is 0 Å². The van der Waals surface area contributed by atoms with Crippen LogP contribution in [0, 0.1) is 0 Å². The number of nitrogens with zero attached hydrogens (tertiary/aromatic N) is 1. The van der Waals surface area contributed by atoms with Crippen LogP contribution in [0.5, 0.6) is 0 Å². The average molecular weight is 213 g/mol. The monoisotopic (exact) mass is 213 g/mol. The predicted molar refractivity (Wildman–Crippen MR) is 57.2 cm³/mol. The fourth-order valence-electron chi connectivity index (χ4n) is 1.87. The third kappa shape index (κ3) is 3.87. The number of amides is 3. The fraction of sp³-hybridized carbons (Fsp3) is 0.800. The molecule has 1 aliphatic rings. The molecule has 1 atom stereocenters. The van der Waals surface area contributed by atoms with E-state index in [9.17, 15) is 9.59 Å². The van der Waals surface area contributed by atoms with E-state index in [0.29, 0.717) is 0 Å². The van der Waals surface area contributed by atoms with Gasteiger partial charge in [0.15, 0.2) is 0 Å². The Morgan fingerprint density at radius 1 is 1.20 bits per heavy atom. The SMILES string of the molecule is C[C@H](C(=O)NC(N)=O)N1CCCCCC1. The number of hydrogen-bond donors (Lipinski definition) is 2. The van der Waals surface area contributed by atoms with Gasteiger partial charge in [0, 0.05) is 0 Å². The Labute approximate surface area is 90.0 Å². The van der Waals surface area contributed by atoms with Gasteiger partial charge in [-0.1, -0.05) is 12.8 Å². The van der Waals surface area contributed by atoms with Crippen LogP contribution in [0.2, 0.25) is 0 Å². The average Bonchev–Trinajstić information content (AvgIpc) is 2.43. The molecule has 0 unspecified atom stereocenters. The number of carbonyl (C=O) groups is 2. The highest BCUT2D eigenvalue weighted by Crippen LogP contribution is 2.12. The van der Waals surface area contributed by atoms with E-state index in [4.69, 9.17) is 5.73 Å². The molecule has 0 aromatic rings. The van der Waals surface area contributed by atoms with Crippen LogP contribution in [-0.4, -0.2) is 36.0 Å². The number of nitrogens with one attached hydrogen (secondary N) is 1. The van der Waals surface area contributed by atoms with Gasteiger partial charge >= 0.3 is 6.03 Å². The molecule has 1 fully saturated rings. The fourth-order valence-corrected chi connectivity index (χ4v) is 1.87. The number of urea groups is 1. The van der Waals surface area contributed by atoms with Gasteiger partial charge in [-0.3, -0.25) is 15.0 Å². The van der Waals surface area contributed by atoms with Crippen LogP contribution in [0.25, 0.3) is 0 Å². The first-order valence-corrected chi connectivity index (χ1v) is 5.45. The molecule has 0 spiro atoms. The molecule has 1 heterocycles. The maximum absolute atomic E-state index is 11.5. The van der Waals surface area contributed by atoms with Gasteiger partial charge < -0.3 is 5.73 Å². The third-order valence-corrected chi connectivity index (χ3v) is 2.81. The van der Waals surface area contributed by atoms with Crippen molar-refractivity contribution >= 4 is 11.9 Å². The second kappa shape index (κ2) is 5.70. The molecule has 86 valence electrons. The number of carbonyl (C=O) groups excluding carboxylic acids is 2. The number of rotatable bonds is 2. The zero-order valence-corrected chi connectivity index (χ0v) is 9.16. The van der Waals surface area contributed by atoms with Crippen molar-refractivity contribution in [2.75, 3.05) is 13.1 Å². The molecule has 0 aromatic carbocycles. The van der Waals surface area contributed by atoms with Crippen molar-refractivity contribution < 1.29 is 9.59 Å². The van der Waals surface area contributed by atoms with Crippen LogP contribution >= 0.6 is 0 Å². The summed E-state index contributed by atoms with van der Waals surface area (Å²) in [4.78, 5) is 24.2. The number of hydrogen-bond acceptors (Lipinski definition) is 3. The maximum Gasteiger partial charge on any atom is 0.318 e. The van der Waals surface area contributed by atoms with Crippen LogP contribution in [-0.2, 0) is 4.79 Å². The van der Waals surface area contributed by atoms with Gasteiger partial charge in [0.25, 0.3) is 0 Å². The van der Waals surface area contributed by atoms with Gasteiger partial charge in [0.05, 0.1) is 6.04 Å². The first-order valence-electron chi connectivity index (χ1n) is 5.45. The smallest absolute Gasteiger partial charge is 0.318 e. The first kappa shape index (κ1) is 12.0. The number of primary amides is 1. The van der Waals surface area contributed by atoms with Crippen molar-refractivity contribution in [3.05, 3.63) is 0 Å². The summed E-state index contributed by atoms with van der Waals surface area (Å²) in [6.07, 6.45) is 4.68. The summed E-state index contributed by atoms with van der Waals surface area (Å²) in [5, 5.41) is 2.12. The minimum absolute atomic E-state index is 0.268. The molecule has 15 heavy (non-hydrogen) atoms. The van der Waals surface area contributed by atoms with Crippen LogP contribution in [0.1, 0.15) is 32.6 Å². The van der Waals surface area contributed by atoms with Crippen LogP contribution in [0.4, 0.5) is 4.79 Å². The van der Waals surface area contributed by atoms with Gasteiger partial charge in [-0.2, -0.15) is 0 Å². The molecule has 3 amide bonds. The molecule has 0 aromatic heterocycles. The van der Waals surface area contributed by atoms with Gasteiger partial charge in [-0.05, 0) is 32.9 Å². The predicted octanol–water partition coefficient (Wildman–Crippen LogP) is 0.446. The summed E-state index contributed by atoms with van der Waals surface area (Å²) in [5.74, 6) is -0.301. The van der Waals surface area contributed by atoms with E-state index in [-0.39, 0.29) is 11.9 Å². The van der Waals surface area contributed by atoms with Gasteiger partial charge in [-0.15, -0.1) is 0 Å². The molecule has 0 bridgehead atoms. The zero-order valence-electron chi connectivity index (χ0n) is 9.16. The highest BCUT2D eigenvalue weighted by Gasteiger charge is 2.22. The number of imide groups is 1. The Morgan fingerprint density at radius 3 is 2.20 bits per heavy atom. The molecule has 1 saturated heterocycles. The Balaban J connectivity index is 2.46. The molecule has 0 aliphatic carbocycles. The topological polar surface area (TPSA) is 75.4 Å². The quantitative estimate of drug-likeness (QED) is 0.699. The second-order valence-electron chi connectivity index (χ2n) is 3.98. The Hall–Kier alpha value is -1.10. The Morgan fingerprint density at radius 2 is 1.73 bits per heavy atom. The van der Waals surface area contributed by atoms with Crippen LogP contribution in [0.15, 0.2) is 0 Å². The molecule has 1 aliphatic heterocycles. The lowest BCUT2D eigenvalue weighted by Crippen LogP contribution is -2.48. The second-order valence-corrected chi connectivity index (χ2v) is 3.98. The van der Waals surface area contributed by atoms with Crippen LogP contribution in [0.3, 0.4) is 0 Å². The molecule has 0 radical (unpaired) electrons. The van der Waals surface area contributed by atoms with E-state index in [1.807, 2.05) is 6.92 Å². The van der Waals surface area contributed by atoms with Gasteiger partial charge in [0.2, 0.25) is 5.91 Å². The summed E-state index contributed by atoms with van der Waals surface area (Å²) in [6, 6.07) is -1.04. The maximum atomic E-state index is 11.5. The molecule has 1 rings (SSSR count). The summed E-state index contributed by atoms with van der Waals surface area (Å²) >= 11 is 0. The van der Waals surface area contributed by atoms with Gasteiger partial charge in [0.1, 0.15) is 0 Å². The third-order valence-electron chi connectivity index (χ3n) is 2.81. The standard InChI is InChI=1S/C10H19N3O2/c1-8(9(14)12-10(11)15)13-6-4-2-3-5-7-13/h8H,2-7H2,1H3,(H3,11,12,14,15)/t8-/m1/s1. The van der Waals surface area contributed by atoms with E-state index < -0.39 is 6.03 Å². The molecular weight excluding hydrogens is 194 g/mol. The highest BCUT2D eigenvalue weighted by molar-refractivity contribution is 5.96. The zero-order chi connectivity index (χ0) is 11.3.